The largest absolute Gasteiger partial charge is 0.368 e. The molecular formula is C11H15N3O3S. The first-order valence-electron chi connectivity index (χ1n) is 5.66. The number of aromatic nitrogens is 1. The smallest absolute Gasteiger partial charge is 0.239 e. The molecule has 6 nitrogen and oxygen atoms in total. The predicted octanol–water partition coefficient (Wildman–Crippen LogP) is -0.537. The van der Waals surface area contributed by atoms with E-state index in [0.717, 1.165) is 0 Å². The first kappa shape index (κ1) is 13.0. The molecule has 0 spiro atoms. The Kier molecular flexibility index (Phi) is 3.36. The van der Waals surface area contributed by atoms with Gasteiger partial charge in [0.25, 0.3) is 0 Å². The maximum atomic E-state index is 12.6. The normalized spacial score (nSPS) is 19.3. The fourth-order valence-corrected chi connectivity index (χ4v) is 4.12. The lowest BCUT2D eigenvalue weighted by molar-refractivity contribution is -0.121. The van der Waals surface area contributed by atoms with Crippen LogP contribution in [0.3, 0.4) is 0 Å². The van der Waals surface area contributed by atoms with Crippen LogP contribution >= 0.6 is 0 Å². The summed E-state index contributed by atoms with van der Waals surface area (Å²) < 4.78 is 23.7. The van der Waals surface area contributed by atoms with Gasteiger partial charge in [0.05, 0.1) is 4.90 Å². The van der Waals surface area contributed by atoms with Crippen molar-refractivity contribution in [1.29, 1.82) is 0 Å². The van der Waals surface area contributed by atoms with E-state index in [1.807, 2.05) is 0 Å². The molecule has 98 valence electrons. The lowest BCUT2D eigenvalue weighted by atomic mass is 9.96. The van der Waals surface area contributed by atoms with E-state index >= 15 is 0 Å². The Hall–Kier alpha value is -1.47. The molecule has 0 radical (unpaired) electrons. The summed E-state index contributed by atoms with van der Waals surface area (Å²) in [5.41, 5.74) is 5.36. The first-order chi connectivity index (χ1) is 8.51. The van der Waals surface area contributed by atoms with Crippen LogP contribution < -0.4 is 11.1 Å². The Balaban J connectivity index is 2.52. The number of piperidine rings is 1. The molecule has 0 atom stereocenters. The van der Waals surface area contributed by atoms with E-state index < -0.39 is 20.5 Å². The van der Waals surface area contributed by atoms with Crippen molar-refractivity contribution in [2.24, 2.45) is 5.73 Å². The predicted molar refractivity (Wildman–Crippen MR) is 65.5 cm³/mol. The number of hydrogen-bond acceptors (Lipinski definition) is 5. The quantitative estimate of drug-likeness (QED) is 0.767. The third-order valence-electron chi connectivity index (χ3n) is 3.32. The fourth-order valence-electron chi connectivity index (χ4n) is 2.21. The minimum atomic E-state index is -3.80. The number of primary amides is 1. The highest BCUT2D eigenvalue weighted by Gasteiger charge is 2.50. The van der Waals surface area contributed by atoms with Gasteiger partial charge in [-0.25, -0.2) is 8.42 Å². The summed E-state index contributed by atoms with van der Waals surface area (Å²) in [6.45, 7) is 0.921. The van der Waals surface area contributed by atoms with Gasteiger partial charge in [0.1, 0.15) is 0 Å². The summed E-state index contributed by atoms with van der Waals surface area (Å²) >= 11 is 0. The van der Waals surface area contributed by atoms with Crippen LogP contribution in [-0.4, -0.2) is 37.1 Å². The van der Waals surface area contributed by atoms with Gasteiger partial charge < -0.3 is 11.1 Å². The van der Waals surface area contributed by atoms with Crippen LogP contribution in [0.5, 0.6) is 0 Å². The summed E-state index contributed by atoms with van der Waals surface area (Å²) in [5, 5.41) is 3.03. The molecule has 0 bridgehead atoms. The minimum absolute atomic E-state index is 0.0469. The SMILES string of the molecule is NC(=O)C1(S(=O)(=O)c2cccnc2)CCNCC1. The van der Waals surface area contributed by atoms with Gasteiger partial charge in [0.2, 0.25) is 5.91 Å². The van der Waals surface area contributed by atoms with Crippen molar-refractivity contribution in [3.63, 3.8) is 0 Å². The summed E-state index contributed by atoms with van der Waals surface area (Å²) in [6.07, 6.45) is 3.12. The van der Waals surface area contributed by atoms with Crippen molar-refractivity contribution in [1.82, 2.24) is 10.3 Å². The number of amides is 1. The van der Waals surface area contributed by atoms with Crippen molar-refractivity contribution >= 4 is 15.7 Å². The molecule has 3 N–H and O–H groups in total. The molecule has 0 aliphatic carbocycles. The second-order valence-electron chi connectivity index (χ2n) is 4.30. The molecule has 1 aliphatic rings. The van der Waals surface area contributed by atoms with Crippen LogP contribution in [0.15, 0.2) is 29.4 Å². The number of hydrogen-bond donors (Lipinski definition) is 2. The number of carbonyl (C=O) groups excluding carboxylic acids is 1. The van der Waals surface area contributed by atoms with Crippen molar-refractivity contribution in [2.45, 2.75) is 22.5 Å². The van der Waals surface area contributed by atoms with E-state index in [2.05, 4.69) is 10.3 Å². The third-order valence-corrected chi connectivity index (χ3v) is 5.82. The lowest BCUT2D eigenvalue weighted by Gasteiger charge is -2.33. The average molecular weight is 269 g/mol. The van der Waals surface area contributed by atoms with E-state index in [9.17, 15) is 13.2 Å². The third kappa shape index (κ3) is 1.89. The molecule has 18 heavy (non-hydrogen) atoms. The molecule has 0 aromatic carbocycles. The number of pyridine rings is 1. The molecule has 0 unspecified atom stereocenters. The molecule has 1 fully saturated rings. The Morgan fingerprint density at radius 2 is 2.06 bits per heavy atom. The Labute approximate surface area is 106 Å². The van der Waals surface area contributed by atoms with Crippen LogP contribution in [0, 0.1) is 0 Å². The van der Waals surface area contributed by atoms with Crippen molar-refractivity contribution in [3.8, 4) is 0 Å². The van der Waals surface area contributed by atoms with Gasteiger partial charge >= 0.3 is 0 Å². The van der Waals surface area contributed by atoms with Gasteiger partial charge in [-0.3, -0.25) is 9.78 Å². The highest BCUT2D eigenvalue weighted by molar-refractivity contribution is 7.93. The zero-order chi connectivity index (χ0) is 13.2. The van der Waals surface area contributed by atoms with Gasteiger partial charge in [-0.2, -0.15) is 0 Å². The van der Waals surface area contributed by atoms with Gasteiger partial charge in [-0.15, -0.1) is 0 Å². The molecule has 1 aromatic heterocycles. The second kappa shape index (κ2) is 4.66. The molecule has 1 amide bonds. The minimum Gasteiger partial charge on any atom is -0.368 e. The molecular weight excluding hydrogens is 254 g/mol. The van der Waals surface area contributed by atoms with Gasteiger partial charge in [-0.1, -0.05) is 0 Å². The van der Waals surface area contributed by atoms with Crippen LogP contribution in [0.2, 0.25) is 0 Å². The van der Waals surface area contributed by atoms with Crippen LogP contribution in [0.25, 0.3) is 0 Å². The standard InChI is InChI=1S/C11H15N3O3S/c12-10(15)11(3-6-13-7-4-11)18(16,17)9-2-1-5-14-8-9/h1-2,5,8,13H,3-4,6-7H2,(H2,12,15). The maximum absolute atomic E-state index is 12.6. The summed E-state index contributed by atoms with van der Waals surface area (Å²) in [7, 11) is -3.80. The number of sulfone groups is 1. The maximum Gasteiger partial charge on any atom is 0.239 e. The van der Waals surface area contributed by atoms with E-state index in [1.54, 1.807) is 0 Å². The van der Waals surface area contributed by atoms with Crippen LogP contribution in [0.4, 0.5) is 0 Å². The number of nitrogens with one attached hydrogen (secondary N) is 1. The molecule has 1 saturated heterocycles. The topological polar surface area (TPSA) is 102 Å². The molecule has 7 heteroatoms. The van der Waals surface area contributed by atoms with E-state index in [0.29, 0.717) is 13.1 Å². The van der Waals surface area contributed by atoms with Crippen molar-refractivity contribution in [2.75, 3.05) is 13.1 Å². The van der Waals surface area contributed by atoms with Crippen molar-refractivity contribution < 1.29 is 13.2 Å². The second-order valence-corrected chi connectivity index (χ2v) is 6.56. The summed E-state index contributed by atoms with van der Waals surface area (Å²) in [5.74, 6) is -0.784. The zero-order valence-electron chi connectivity index (χ0n) is 9.80. The van der Waals surface area contributed by atoms with E-state index in [4.69, 9.17) is 5.73 Å². The van der Waals surface area contributed by atoms with Gasteiger partial charge in [0.15, 0.2) is 14.6 Å². The molecule has 2 heterocycles. The van der Waals surface area contributed by atoms with Gasteiger partial charge in [0, 0.05) is 12.4 Å². The summed E-state index contributed by atoms with van der Waals surface area (Å²) in [4.78, 5) is 15.5. The highest BCUT2D eigenvalue weighted by atomic mass is 32.2. The lowest BCUT2D eigenvalue weighted by Crippen LogP contribution is -2.56. The first-order valence-corrected chi connectivity index (χ1v) is 7.14. The summed E-state index contributed by atoms with van der Waals surface area (Å²) in [6, 6.07) is 2.97. The molecule has 1 aliphatic heterocycles. The molecule has 1 aromatic rings. The van der Waals surface area contributed by atoms with E-state index in [-0.39, 0.29) is 17.7 Å². The zero-order valence-corrected chi connectivity index (χ0v) is 10.6. The Bertz CT molecular complexity index is 536. The highest BCUT2D eigenvalue weighted by Crippen LogP contribution is 2.33. The van der Waals surface area contributed by atoms with Gasteiger partial charge in [-0.05, 0) is 38.1 Å². The number of nitrogens with two attached hydrogens (primary N) is 1. The average Bonchev–Trinajstić information content (AvgIpc) is 2.40. The molecule has 0 saturated carbocycles. The Morgan fingerprint density at radius 3 is 2.56 bits per heavy atom. The van der Waals surface area contributed by atoms with Crippen LogP contribution in [0.1, 0.15) is 12.8 Å². The fraction of sp³-hybridized carbons (Fsp3) is 0.455. The molecule has 2 rings (SSSR count). The van der Waals surface area contributed by atoms with Crippen LogP contribution in [-0.2, 0) is 14.6 Å². The van der Waals surface area contributed by atoms with E-state index in [1.165, 1.54) is 24.5 Å². The number of carbonyl (C=O) groups is 1. The monoisotopic (exact) mass is 269 g/mol. The van der Waals surface area contributed by atoms with Crippen molar-refractivity contribution in [3.05, 3.63) is 24.5 Å². The number of rotatable bonds is 3. The Morgan fingerprint density at radius 1 is 1.39 bits per heavy atom. The number of nitrogens with zero attached hydrogens (tertiary/aromatic N) is 1.